The SMILES string of the molecule is CCCCC[C@H]1CO[C@H]([C@H]2CC[C@H](Br)CC2)OC1. The Hall–Kier alpha value is 0.400. The molecule has 0 aromatic heterocycles. The first-order valence-corrected chi connectivity index (χ1v) is 8.58. The van der Waals surface area contributed by atoms with E-state index in [0.717, 1.165) is 18.0 Å². The van der Waals surface area contributed by atoms with Crippen molar-refractivity contribution in [1.29, 1.82) is 0 Å². The molecule has 0 unspecified atom stereocenters. The third kappa shape index (κ3) is 4.50. The van der Waals surface area contributed by atoms with Crippen LogP contribution in [0.15, 0.2) is 0 Å². The van der Waals surface area contributed by atoms with E-state index in [9.17, 15) is 0 Å². The number of alkyl halides is 1. The van der Waals surface area contributed by atoms with Crippen LogP contribution < -0.4 is 0 Å². The summed E-state index contributed by atoms with van der Waals surface area (Å²) in [6, 6.07) is 0. The van der Waals surface area contributed by atoms with Crippen molar-refractivity contribution in [3.05, 3.63) is 0 Å². The van der Waals surface area contributed by atoms with Crippen molar-refractivity contribution in [1.82, 2.24) is 0 Å². The van der Waals surface area contributed by atoms with Gasteiger partial charge in [-0.1, -0.05) is 42.1 Å². The maximum atomic E-state index is 5.96. The summed E-state index contributed by atoms with van der Waals surface area (Å²) in [6.07, 6.45) is 10.4. The number of hydrogen-bond acceptors (Lipinski definition) is 2. The summed E-state index contributed by atoms with van der Waals surface area (Å²) in [5.41, 5.74) is 0. The fourth-order valence-electron chi connectivity index (χ4n) is 3.03. The summed E-state index contributed by atoms with van der Waals surface area (Å²) in [4.78, 5) is 0.721. The summed E-state index contributed by atoms with van der Waals surface area (Å²) in [5, 5.41) is 0. The van der Waals surface area contributed by atoms with Crippen LogP contribution in [0.1, 0.15) is 58.3 Å². The second kappa shape index (κ2) is 7.86. The third-order valence-corrected chi connectivity index (χ3v) is 5.21. The Balaban J connectivity index is 1.63. The van der Waals surface area contributed by atoms with Gasteiger partial charge in [-0.3, -0.25) is 0 Å². The Kier molecular flexibility index (Phi) is 6.46. The smallest absolute Gasteiger partial charge is 0.160 e. The molecule has 0 atom stereocenters. The van der Waals surface area contributed by atoms with Crippen molar-refractivity contribution < 1.29 is 9.47 Å². The van der Waals surface area contributed by atoms with Gasteiger partial charge >= 0.3 is 0 Å². The first-order valence-electron chi connectivity index (χ1n) is 7.67. The van der Waals surface area contributed by atoms with Crippen molar-refractivity contribution in [3.63, 3.8) is 0 Å². The molecule has 1 aliphatic heterocycles. The Bertz CT molecular complexity index is 219. The lowest BCUT2D eigenvalue weighted by molar-refractivity contribution is -0.228. The molecule has 0 aromatic rings. The minimum absolute atomic E-state index is 0.0902. The highest BCUT2D eigenvalue weighted by Crippen LogP contribution is 2.34. The monoisotopic (exact) mass is 318 g/mol. The predicted octanol–water partition coefficient (Wildman–Crippen LogP) is 4.51. The minimum atomic E-state index is 0.0902. The molecule has 1 aliphatic carbocycles. The van der Waals surface area contributed by atoms with E-state index in [1.165, 1.54) is 51.4 Å². The van der Waals surface area contributed by atoms with Crippen LogP contribution in [0.2, 0.25) is 0 Å². The minimum Gasteiger partial charge on any atom is -0.352 e. The van der Waals surface area contributed by atoms with Gasteiger partial charge in [-0.05, 0) is 32.1 Å². The van der Waals surface area contributed by atoms with Gasteiger partial charge in [-0.25, -0.2) is 0 Å². The van der Waals surface area contributed by atoms with Crippen molar-refractivity contribution in [2.75, 3.05) is 13.2 Å². The number of ether oxygens (including phenoxy) is 2. The van der Waals surface area contributed by atoms with Crippen molar-refractivity contribution in [3.8, 4) is 0 Å². The van der Waals surface area contributed by atoms with Gasteiger partial charge in [0.2, 0.25) is 0 Å². The molecular weight excluding hydrogens is 292 g/mol. The Labute approximate surface area is 120 Å². The first kappa shape index (κ1) is 14.8. The molecule has 0 aromatic carbocycles. The largest absolute Gasteiger partial charge is 0.352 e. The van der Waals surface area contributed by atoms with Crippen LogP contribution in [0.4, 0.5) is 0 Å². The lowest BCUT2D eigenvalue weighted by Gasteiger charge is -2.36. The van der Waals surface area contributed by atoms with Crippen molar-refractivity contribution in [2.24, 2.45) is 11.8 Å². The van der Waals surface area contributed by atoms with Crippen molar-refractivity contribution in [2.45, 2.75) is 69.4 Å². The van der Waals surface area contributed by atoms with E-state index in [0.29, 0.717) is 11.8 Å². The molecule has 0 radical (unpaired) electrons. The maximum absolute atomic E-state index is 5.96. The second-order valence-electron chi connectivity index (χ2n) is 5.91. The topological polar surface area (TPSA) is 18.5 Å². The fraction of sp³-hybridized carbons (Fsp3) is 1.00. The zero-order chi connectivity index (χ0) is 12.8. The predicted molar refractivity (Wildman–Crippen MR) is 78.0 cm³/mol. The zero-order valence-corrected chi connectivity index (χ0v) is 13.2. The summed E-state index contributed by atoms with van der Waals surface area (Å²) >= 11 is 3.70. The molecule has 1 saturated heterocycles. The number of unbranched alkanes of at least 4 members (excludes halogenated alkanes) is 2. The van der Waals surface area contributed by atoms with E-state index in [4.69, 9.17) is 9.47 Å². The van der Waals surface area contributed by atoms with E-state index in [2.05, 4.69) is 22.9 Å². The molecule has 2 rings (SSSR count). The molecule has 3 heteroatoms. The maximum Gasteiger partial charge on any atom is 0.160 e. The normalized spacial score (nSPS) is 37.7. The highest BCUT2D eigenvalue weighted by atomic mass is 79.9. The number of rotatable bonds is 5. The number of hydrogen-bond donors (Lipinski definition) is 0. The van der Waals surface area contributed by atoms with Crippen LogP contribution in [0.5, 0.6) is 0 Å². The van der Waals surface area contributed by atoms with Crippen LogP contribution in [0.25, 0.3) is 0 Å². The molecule has 18 heavy (non-hydrogen) atoms. The van der Waals surface area contributed by atoms with Gasteiger partial charge in [0.05, 0.1) is 13.2 Å². The van der Waals surface area contributed by atoms with E-state index in [-0.39, 0.29) is 6.29 Å². The highest BCUT2D eigenvalue weighted by molar-refractivity contribution is 9.09. The van der Waals surface area contributed by atoms with Gasteiger partial charge in [0.25, 0.3) is 0 Å². The Morgan fingerprint density at radius 2 is 1.67 bits per heavy atom. The molecule has 1 saturated carbocycles. The van der Waals surface area contributed by atoms with E-state index < -0.39 is 0 Å². The molecule has 1 heterocycles. The Morgan fingerprint density at radius 1 is 1.00 bits per heavy atom. The molecule has 0 N–H and O–H groups in total. The lowest BCUT2D eigenvalue weighted by atomic mass is 9.88. The van der Waals surface area contributed by atoms with Crippen molar-refractivity contribution >= 4 is 15.9 Å². The zero-order valence-electron chi connectivity index (χ0n) is 11.6. The molecule has 106 valence electrons. The first-order chi connectivity index (χ1) is 8.79. The standard InChI is InChI=1S/C15H27BrO2/c1-2-3-4-5-12-10-17-15(18-11-12)13-6-8-14(16)9-7-13/h12-15H,2-11H2,1H3/t12-,13-,14-,15-. The molecule has 0 spiro atoms. The van der Waals surface area contributed by atoms with Crippen LogP contribution in [-0.4, -0.2) is 24.3 Å². The highest BCUT2D eigenvalue weighted by Gasteiger charge is 2.31. The summed E-state index contributed by atoms with van der Waals surface area (Å²) in [6.45, 7) is 4.09. The second-order valence-corrected chi connectivity index (χ2v) is 7.20. The molecule has 0 amide bonds. The molecule has 2 nitrogen and oxygen atoms in total. The third-order valence-electron chi connectivity index (χ3n) is 4.29. The van der Waals surface area contributed by atoms with Crippen LogP contribution in [-0.2, 0) is 9.47 Å². The van der Waals surface area contributed by atoms with Gasteiger partial charge in [0.15, 0.2) is 6.29 Å². The van der Waals surface area contributed by atoms with Crippen LogP contribution >= 0.6 is 15.9 Å². The molecule has 2 fully saturated rings. The summed E-state index contributed by atoms with van der Waals surface area (Å²) in [5.74, 6) is 1.27. The van der Waals surface area contributed by atoms with E-state index >= 15 is 0 Å². The lowest BCUT2D eigenvalue weighted by Crippen LogP contribution is -2.38. The van der Waals surface area contributed by atoms with Crippen LogP contribution in [0, 0.1) is 11.8 Å². The average Bonchev–Trinajstić information content (AvgIpc) is 2.41. The quantitative estimate of drug-likeness (QED) is 0.548. The van der Waals surface area contributed by atoms with E-state index in [1.807, 2.05) is 0 Å². The summed E-state index contributed by atoms with van der Waals surface area (Å²) < 4.78 is 11.9. The van der Waals surface area contributed by atoms with E-state index in [1.54, 1.807) is 0 Å². The molecular formula is C15H27BrO2. The van der Waals surface area contributed by atoms with Gasteiger partial charge in [0, 0.05) is 16.7 Å². The fourth-order valence-corrected chi connectivity index (χ4v) is 3.56. The average molecular weight is 319 g/mol. The van der Waals surface area contributed by atoms with Crippen LogP contribution in [0.3, 0.4) is 0 Å². The molecule has 0 bridgehead atoms. The number of halogens is 1. The summed E-state index contributed by atoms with van der Waals surface area (Å²) in [7, 11) is 0. The van der Waals surface area contributed by atoms with Gasteiger partial charge in [-0.2, -0.15) is 0 Å². The molecule has 2 aliphatic rings. The van der Waals surface area contributed by atoms with Gasteiger partial charge in [0.1, 0.15) is 0 Å². The van der Waals surface area contributed by atoms with Gasteiger partial charge < -0.3 is 9.47 Å². The van der Waals surface area contributed by atoms with Gasteiger partial charge in [-0.15, -0.1) is 0 Å². The Morgan fingerprint density at radius 3 is 2.28 bits per heavy atom.